The van der Waals surface area contributed by atoms with Crippen LogP contribution in [0.3, 0.4) is 0 Å². The van der Waals surface area contributed by atoms with Crippen LogP contribution in [0.4, 0.5) is 0 Å². The van der Waals surface area contributed by atoms with Gasteiger partial charge in [0.2, 0.25) is 5.91 Å². The molecule has 0 fully saturated rings. The first-order valence-corrected chi connectivity index (χ1v) is 8.42. The Labute approximate surface area is 131 Å². The maximum Gasteiger partial charge on any atom is 0.220 e. The van der Waals surface area contributed by atoms with E-state index >= 15 is 0 Å². The zero-order valence-electron chi connectivity index (χ0n) is 11.1. The number of amides is 1. The van der Waals surface area contributed by atoms with Crippen molar-refractivity contribution in [1.29, 1.82) is 0 Å². The lowest BCUT2D eigenvalue weighted by molar-refractivity contribution is -0.122. The van der Waals surface area contributed by atoms with E-state index in [0.717, 1.165) is 10.4 Å². The molecule has 0 saturated carbocycles. The van der Waals surface area contributed by atoms with Gasteiger partial charge in [-0.25, -0.2) is 0 Å². The number of nitrogens with one attached hydrogen (secondary N) is 1. The second-order valence-corrected chi connectivity index (χ2v) is 7.01. The molecule has 0 aromatic carbocycles. The summed E-state index contributed by atoms with van der Waals surface area (Å²) in [6, 6.07) is 3.74. The topological polar surface area (TPSA) is 49.3 Å². The first-order chi connectivity index (χ1) is 9.47. The number of hydrogen-bond acceptors (Lipinski definition) is 4. The number of aliphatic hydroxyl groups is 1. The standard InChI is InChI=1S/C14H16ClNO2S2/c1-14(18,10-4-5-19-7-10)9-16-13(17)3-2-12-6-11(15)8-20-12/h4-8,18H,2-3,9H2,1H3,(H,16,17). The predicted molar refractivity (Wildman–Crippen MR) is 84.5 cm³/mol. The molecule has 20 heavy (non-hydrogen) atoms. The Kier molecular flexibility index (Phi) is 5.21. The first kappa shape index (κ1) is 15.5. The van der Waals surface area contributed by atoms with Crippen molar-refractivity contribution >= 4 is 40.2 Å². The Morgan fingerprint density at radius 1 is 1.50 bits per heavy atom. The van der Waals surface area contributed by atoms with Crippen molar-refractivity contribution in [3.8, 4) is 0 Å². The fraction of sp³-hybridized carbons (Fsp3) is 0.357. The molecule has 2 heterocycles. The molecule has 0 aliphatic carbocycles. The molecule has 0 radical (unpaired) electrons. The number of hydrogen-bond donors (Lipinski definition) is 2. The second-order valence-electron chi connectivity index (χ2n) is 4.79. The monoisotopic (exact) mass is 329 g/mol. The Bertz CT molecular complexity index is 564. The zero-order valence-corrected chi connectivity index (χ0v) is 13.4. The lowest BCUT2D eigenvalue weighted by Gasteiger charge is -2.22. The van der Waals surface area contributed by atoms with Gasteiger partial charge in [0, 0.05) is 16.7 Å². The van der Waals surface area contributed by atoms with Gasteiger partial charge in [-0.2, -0.15) is 11.3 Å². The summed E-state index contributed by atoms with van der Waals surface area (Å²) in [5.41, 5.74) is -0.199. The Morgan fingerprint density at radius 2 is 2.30 bits per heavy atom. The highest BCUT2D eigenvalue weighted by atomic mass is 35.5. The normalized spacial score (nSPS) is 13.9. The summed E-state index contributed by atoms with van der Waals surface area (Å²) in [5, 5.41) is 19.4. The van der Waals surface area contributed by atoms with E-state index in [2.05, 4.69) is 5.32 Å². The van der Waals surface area contributed by atoms with E-state index < -0.39 is 5.60 Å². The summed E-state index contributed by atoms with van der Waals surface area (Å²) in [5.74, 6) is -0.0648. The summed E-state index contributed by atoms with van der Waals surface area (Å²) in [4.78, 5) is 12.9. The summed E-state index contributed by atoms with van der Waals surface area (Å²) < 4.78 is 0. The molecule has 3 nitrogen and oxygen atoms in total. The third-order valence-electron chi connectivity index (χ3n) is 2.99. The first-order valence-electron chi connectivity index (χ1n) is 6.22. The molecule has 2 aromatic rings. The van der Waals surface area contributed by atoms with E-state index in [1.807, 2.05) is 28.3 Å². The number of carbonyl (C=O) groups excluding carboxylic acids is 1. The van der Waals surface area contributed by atoms with Crippen molar-refractivity contribution in [1.82, 2.24) is 5.32 Å². The van der Waals surface area contributed by atoms with Crippen LogP contribution in [-0.4, -0.2) is 17.6 Å². The maximum atomic E-state index is 11.8. The molecule has 2 rings (SSSR count). The van der Waals surface area contributed by atoms with Crippen molar-refractivity contribution in [2.45, 2.75) is 25.4 Å². The SMILES string of the molecule is CC(O)(CNC(=O)CCc1cc(Cl)cs1)c1ccsc1. The van der Waals surface area contributed by atoms with Gasteiger partial charge in [0.05, 0.1) is 11.6 Å². The van der Waals surface area contributed by atoms with Crippen LogP contribution in [0.2, 0.25) is 5.02 Å². The van der Waals surface area contributed by atoms with Gasteiger partial charge < -0.3 is 10.4 Å². The lowest BCUT2D eigenvalue weighted by atomic mass is 9.99. The van der Waals surface area contributed by atoms with Crippen molar-refractivity contribution in [2.75, 3.05) is 6.54 Å². The van der Waals surface area contributed by atoms with Crippen molar-refractivity contribution in [2.24, 2.45) is 0 Å². The largest absolute Gasteiger partial charge is 0.384 e. The smallest absolute Gasteiger partial charge is 0.220 e. The molecule has 1 unspecified atom stereocenters. The van der Waals surface area contributed by atoms with E-state index in [4.69, 9.17) is 11.6 Å². The van der Waals surface area contributed by atoms with Gasteiger partial charge in [-0.3, -0.25) is 4.79 Å². The van der Waals surface area contributed by atoms with Crippen LogP contribution < -0.4 is 5.32 Å². The minimum Gasteiger partial charge on any atom is -0.384 e. The van der Waals surface area contributed by atoms with Crippen LogP contribution in [0, 0.1) is 0 Å². The number of halogens is 1. The molecule has 2 aromatic heterocycles. The molecule has 2 N–H and O–H groups in total. The van der Waals surface area contributed by atoms with Gasteiger partial charge in [-0.05, 0) is 41.8 Å². The van der Waals surface area contributed by atoms with Crippen molar-refractivity contribution in [3.63, 3.8) is 0 Å². The fourth-order valence-electron chi connectivity index (χ4n) is 1.75. The Morgan fingerprint density at radius 3 is 2.90 bits per heavy atom. The zero-order chi connectivity index (χ0) is 14.6. The molecule has 0 saturated heterocycles. The molecule has 1 amide bonds. The van der Waals surface area contributed by atoms with Gasteiger partial charge >= 0.3 is 0 Å². The highest BCUT2D eigenvalue weighted by Gasteiger charge is 2.24. The lowest BCUT2D eigenvalue weighted by Crippen LogP contribution is -2.38. The van der Waals surface area contributed by atoms with Gasteiger partial charge in [-0.1, -0.05) is 11.6 Å². The number of carbonyl (C=O) groups is 1. The van der Waals surface area contributed by atoms with Crippen LogP contribution >= 0.6 is 34.3 Å². The van der Waals surface area contributed by atoms with Gasteiger partial charge in [0.1, 0.15) is 5.60 Å². The highest BCUT2D eigenvalue weighted by molar-refractivity contribution is 7.10. The number of rotatable bonds is 6. The van der Waals surface area contributed by atoms with Crippen molar-refractivity contribution in [3.05, 3.63) is 43.7 Å². The minimum atomic E-state index is -1.03. The molecule has 1 atom stereocenters. The van der Waals surface area contributed by atoms with Gasteiger partial charge in [0.25, 0.3) is 0 Å². The number of aryl methyl sites for hydroxylation is 1. The third-order valence-corrected chi connectivity index (χ3v) is 5.02. The average Bonchev–Trinajstić information content (AvgIpc) is 3.05. The molecule has 0 aliphatic heterocycles. The summed E-state index contributed by atoms with van der Waals surface area (Å²) in [7, 11) is 0. The number of thiophene rings is 2. The van der Waals surface area contributed by atoms with E-state index in [1.54, 1.807) is 18.3 Å². The van der Waals surface area contributed by atoms with Gasteiger partial charge in [-0.15, -0.1) is 11.3 Å². The molecule has 0 spiro atoms. The van der Waals surface area contributed by atoms with Crippen LogP contribution in [-0.2, 0) is 16.8 Å². The van der Waals surface area contributed by atoms with E-state index in [1.165, 1.54) is 11.3 Å². The average molecular weight is 330 g/mol. The van der Waals surface area contributed by atoms with Crippen LogP contribution in [0.1, 0.15) is 23.8 Å². The van der Waals surface area contributed by atoms with E-state index in [0.29, 0.717) is 17.9 Å². The van der Waals surface area contributed by atoms with E-state index in [9.17, 15) is 9.90 Å². The fourth-order valence-corrected chi connectivity index (χ4v) is 3.61. The minimum absolute atomic E-state index is 0.0648. The summed E-state index contributed by atoms with van der Waals surface area (Å²) in [6.45, 7) is 1.92. The summed E-state index contributed by atoms with van der Waals surface area (Å²) in [6.07, 6.45) is 1.07. The second kappa shape index (κ2) is 6.72. The van der Waals surface area contributed by atoms with Gasteiger partial charge in [0.15, 0.2) is 0 Å². The summed E-state index contributed by atoms with van der Waals surface area (Å²) >= 11 is 8.91. The van der Waals surface area contributed by atoms with Crippen molar-refractivity contribution < 1.29 is 9.90 Å². The third kappa shape index (κ3) is 4.31. The van der Waals surface area contributed by atoms with Crippen LogP contribution in [0.5, 0.6) is 0 Å². The Balaban J connectivity index is 1.77. The molecule has 108 valence electrons. The maximum absolute atomic E-state index is 11.8. The molecule has 0 bridgehead atoms. The quantitative estimate of drug-likeness (QED) is 0.853. The Hall–Kier alpha value is -0.880. The van der Waals surface area contributed by atoms with Crippen LogP contribution in [0.15, 0.2) is 28.3 Å². The highest BCUT2D eigenvalue weighted by Crippen LogP contribution is 2.22. The molecular weight excluding hydrogens is 314 g/mol. The van der Waals surface area contributed by atoms with E-state index in [-0.39, 0.29) is 12.5 Å². The van der Waals surface area contributed by atoms with Crippen LogP contribution in [0.25, 0.3) is 0 Å². The molecule has 6 heteroatoms. The molecule has 0 aliphatic rings. The predicted octanol–water partition coefficient (Wildman–Crippen LogP) is 3.42. The molecular formula is C14H16ClNO2S2.